The van der Waals surface area contributed by atoms with Gasteiger partial charge in [-0.1, -0.05) is 28.1 Å². The van der Waals surface area contributed by atoms with Crippen molar-refractivity contribution >= 4 is 33.7 Å². The minimum Gasteiger partial charge on any atom is -0.496 e. The third-order valence-corrected chi connectivity index (χ3v) is 5.12. The number of nitro groups is 1. The summed E-state index contributed by atoms with van der Waals surface area (Å²) in [4.78, 5) is 22.9. The van der Waals surface area contributed by atoms with E-state index >= 15 is 0 Å². The molecule has 3 aromatic carbocycles. The number of ether oxygens (including phenoxy) is 3. The van der Waals surface area contributed by atoms with Gasteiger partial charge >= 0.3 is 0 Å². The van der Waals surface area contributed by atoms with Crippen LogP contribution in [0.4, 0.5) is 5.69 Å². The van der Waals surface area contributed by atoms with Gasteiger partial charge in [0.25, 0.3) is 11.6 Å². The lowest BCUT2D eigenvalue weighted by Crippen LogP contribution is -2.18. The van der Waals surface area contributed by atoms with E-state index in [1.165, 1.54) is 25.5 Å². The summed E-state index contributed by atoms with van der Waals surface area (Å²) in [6.07, 6.45) is 1.43. The second kappa shape index (κ2) is 11.8. The fraction of sp³-hybridized carbons (Fsp3) is 0.167. The van der Waals surface area contributed by atoms with Crippen molar-refractivity contribution in [3.05, 3.63) is 91.9 Å². The summed E-state index contributed by atoms with van der Waals surface area (Å²) in [6, 6.07) is 16.8. The summed E-state index contributed by atoms with van der Waals surface area (Å²) in [6.45, 7) is 2.69. The van der Waals surface area contributed by atoms with E-state index in [-0.39, 0.29) is 17.0 Å². The number of hydrogen-bond donors (Lipinski definition) is 1. The summed E-state index contributed by atoms with van der Waals surface area (Å²) in [5, 5.41) is 15.0. The maximum Gasteiger partial charge on any atom is 0.275 e. The normalized spacial score (nSPS) is 10.7. The number of hydrazone groups is 1. The molecule has 0 aliphatic heterocycles. The van der Waals surface area contributed by atoms with E-state index < -0.39 is 10.8 Å². The van der Waals surface area contributed by atoms with E-state index in [2.05, 4.69) is 26.5 Å². The number of nitrogens with zero attached hydrogens (tertiary/aromatic N) is 2. The first-order chi connectivity index (χ1) is 16.4. The Morgan fingerprint density at radius 2 is 1.79 bits per heavy atom. The minimum absolute atomic E-state index is 0.000505. The number of benzene rings is 3. The predicted octanol–water partition coefficient (Wildman–Crippen LogP) is 5.11. The quantitative estimate of drug-likeness (QED) is 0.223. The van der Waals surface area contributed by atoms with Crippen LogP contribution in [0.1, 0.15) is 28.4 Å². The Bertz CT molecular complexity index is 1200. The molecule has 176 valence electrons. The lowest BCUT2D eigenvalue weighted by atomic mass is 10.1. The Balaban J connectivity index is 1.70. The topological polar surface area (TPSA) is 112 Å². The second-order valence-corrected chi connectivity index (χ2v) is 7.81. The number of amides is 1. The summed E-state index contributed by atoms with van der Waals surface area (Å²) >= 11 is 3.41. The van der Waals surface area contributed by atoms with Crippen LogP contribution >= 0.6 is 15.9 Å². The molecule has 34 heavy (non-hydrogen) atoms. The number of nitro benzene ring substituents is 1. The Labute approximate surface area is 204 Å². The molecule has 0 aliphatic carbocycles. The van der Waals surface area contributed by atoms with E-state index in [1.54, 1.807) is 18.2 Å². The van der Waals surface area contributed by atoms with Gasteiger partial charge in [0.1, 0.15) is 12.4 Å². The van der Waals surface area contributed by atoms with Crippen LogP contribution in [0, 0.1) is 10.1 Å². The molecule has 0 bridgehead atoms. The SMILES string of the molecule is CCOc1cc(/C=N\NC(=O)c2cc([N+](=O)[O-])ccc2OC)ccc1OCc1ccc(Br)cc1. The first-order valence-corrected chi connectivity index (χ1v) is 11.0. The van der Waals surface area contributed by atoms with Crippen LogP contribution in [0.2, 0.25) is 0 Å². The van der Waals surface area contributed by atoms with Crippen LogP contribution in [0.15, 0.2) is 70.2 Å². The van der Waals surface area contributed by atoms with Gasteiger partial charge in [0.05, 0.1) is 30.4 Å². The molecule has 3 rings (SSSR count). The van der Waals surface area contributed by atoms with E-state index in [4.69, 9.17) is 14.2 Å². The number of non-ortho nitro benzene ring substituents is 1. The van der Waals surface area contributed by atoms with Crippen molar-refractivity contribution in [2.75, 3.05) is 13.7 Å². The van der Waals surface area contributed by atoms with Crippen LogP contribution in [-0.2, 0) is 6.61 Å². The number of halogens is 1. The number of carbonyl (C=O) groups excluding carboxylic acids is 1. The molecule has 0 heterocycles. The van der Waals surface area contributed by atoms with Gasteiger partial charge in [-0.25, -0.2) is 5.43 Å². The van der Waals surface area contributed by atoms with Crippen molar-refractivity contribution in [3.8, 4) is 17.2 Å². The zero-order valence-corrected chi connectivity index (χ0v) is 20.1. The fourth-order valence-electron chi connectivity index (χ4n) is 2.95. The molecule has 0 saturated carbocycles. The average Bonchev–Trinajstić information content (AvgIpc) is 2.84. The Kier molecular flexibility index (Phi) is 8.58. The van der Waals surface area contributed by atoms with Crippen LogP contribution in [-0.4, -0.2) is 30.8 Å². The smallest absolute Gasteiger partial charge is 0.275 e. The van der Waals surface area contributed by atoms with Gasteiger partial charge in [-0.15, -0.1) is 0 Å². The van der Waals surface area contributed by atoms with Gasteiger partial charge in [-0.3, -0.25) is 14.9 Å². The van der Waals surface area contributed by atoms with Crippen molar-refractivity contribution in [1.29, 1.82) is 0 Å². The maximum atomic E-state index is 12.5. The highest BCUT2D eigenvalue weighted by Crippen LogP contribution is 2.29. The van der Waals surface area contributed by atoms with Crippen molar-refractivity contribution in [1.82, 2.24) is 5.43 Å². The molecular formula is C24H22BrN3O6. The number of hydrogen-bond acceptors (Lipinski definition) is 7. The zero-order chi connectivity index (χ0) is 24.5. The summed E-state index contributed by atoms with van der Waals surface area (Å²) in [5.41, 5.74) is 3.80. The van der Waals surface area contributed by atoms with E-state index in [0.717, 1.165) is 16.1 Å². The van der Waals surface area contributed by atoms with E-state index in [0.29, 0.717) is 30.3 Å². The van der Waals surface area contributed by atoms with Crippen LogP contribution < -0.4 is 19.6 Å². The number of carbonyl (C=O) groups is 1. The fourth-order valence-corrected chi connectivity index (χ4v) is 3.21. The third kappa shape index (κ3) is 6.55. The average molecular weight is 528 g/mol. The Hall–Kier alpha value is -3.92. The summed E-state index contributed by atoms with van der Waals surface area (Å²) < 4.78 is 17.7. The molecule has 0 spiro atoms. The summed E-state index contributed by atoms with van der Waals surface area (Å²) in [7, 11) is 1.37. The molecule has 0 unspecified atom stereocenters. The number of nitrogens with one attached hydrogen (secondary N) is 1. The molecule has 0 radical (unpaired) electrons. The largest absolute Gasteiger partial charge is 0.496 e. The van der Waals surface area contributed by atoms with Gasteiger partial charge in [-0.05, 0) is 54.4 Å². The molecular weight excluding hydrogens is 506 g/mol. The molecule has 0 aliphatic rings. The van der Waals surface area contributed by atoms with Crippen molar-refractivity contribution in [3.63, 3.8) is 0 Å². The van der Waals surface area contributed by atoms with Crippen molar-refractivity contribution < 1.29 is 23.9 Å². The molecule has 0 fully saturated rings. The molecule has 10 heteroatoms. The third-order valence-electron chi connectivity index (χ3n) is 4.59. The van der Waals surface area contributed by atoms with Crippen LogP contribution in [0.5, 0.6) is 17.2 Å². The van der Waals surface area contributed by atoms with E-state index in [1.807, 2.05) is 31.2 Å². The molecule has 0 saturated heterocycles. The van der Waals surface area contributed by atoms with Gasteiger partial charge in [0.15, 0.2) is 11.5 Å². The molecule has 1 amide bonds. The second-order valence-electron chi connectivity index (χ2n) is 6.90. The Morgan fingerprint density at radius 1 is 1.06 bits per heavy atom. The molecule has 0 atom stereocenters. The lowest BCUT2D eigenvalue weighted by molar-refractivity contribution is -0.384. The van der Waals surface area contributed by atoms with Crippen LogP contribution in [0.25, 0.3) is 0 Å². The Morgan fingerprint density at radius 3 is 2.47 bits per heavy atom. The van der Waals surface area contributed by atoms with Gasteiger partial charge < -0.3 is 14.2 Å². The minimum atomic E-state index is -0.642. The standard InChI is InChI=1S/C24H22BrN3O6/c1-3-33-23-12-17(6-10-22(23)34-15-16-4-7-18(25)8-5-16)14-26-27-24(29)20-13-19(28(30)31)9-11-21(20)32-2/h4-14H,3,15H2,1-2H3,(H,27,29)/b26-14-. The monoisotopic (exact) mass is 527 g/mol. The zero-order valence-electron chi connectivity index (χ0n) is 18.5. The summed E-state index contributed by atoms with van der Waals surface area (Å²) in [5.74, 6) is 0.669. The van der Waals surface area contributed by atoms with Gasteiger partial charge in [0.2, 0.25) is 0 Å². The van der Waals surface area contributed by atoms with Crippen molar-refractivity contribution in [2.45, 2.75) is 13.5 Å². The predicted molar refractivity (Wildman–Crippen MR) is 131 cm³/mol. The lowest BCUT2D eigenvalue weighted by Gasteiger charge is -2.12. The number of methoxy groups -OCH3 is 1. The first-order valence-electron chi connectivity index (χ1n) is 10.2. The van der Waals surface area contributed by atoms with Crippen LogP contribution in [0.3, 0.4) is 0 Å². The van der Waals surface area contributed by atoms with Crippen molar-refractivity contribution in [2.24, 2.45) is 5.10 Å². The van der Waals surface area contributed by atoms with E-state index in [9.17, 15) is 14.9 Å². The van der Waals surface area contributed by atoms with Gasteiger partial charge in [0, 0.05) is 16.6 Å². The highest BCUT2D eigenvalue weighted by atomic mass is 79.9. The first kappa shape index (κ1) is 24.7. The molecule has 1 N–H and O–H groups in total. The number of rotatable bonds is 10. The highest BCUT2D eigenvalue weighted by Gasteiger charge is 2.17. The molecule has 9 nitrogen and oxygen atoms in total. The van der Waals surface area contributed by atoms with Gasteiger partial charge in [-0.2, -0.15) is 5.10 Å². The molecule has 0 aromatic heterocycles. The molecule has 3 aromatic rings. The maximum absolute atomic E-state index is 12.5. The highest BCUT2D eigenvalue weighted by molar-refractivity contribution is 9.10.